The third-order valence-electron chi connectivity index (χ3n) is 6.49. The van der Waals surface area contributed by atoms with Crippen LogP contribution in [-0.2, 0) is 18.4 Å². The highest BCUT2D eigenvalue weighted by Gasteiger charge is 2.38. The number of benzene rings is 1. The number of thiazole rings is 1. The van der Waals surface area contributed by atoms with E-state index in [0.717, 1.165) is 40.9 Å². The number of para-hydroxylation sites is 1. The number of aromatic nitrogens is 3. The normalized spacial score (nSPS) is 18.4. The molecule has 1 aromatic carbocycles. The standard InChI is InChI=1S/C27H30N5O2S4/c1-5-8-16-31-24(34)21(38-27(31)35)25-30(7-3)23(33)19(36-25)14-15-20-29(6-2)22-26(37-20)32(17-28(22)4)18-12-10-9-11-13-18/h9-15,17H,5-8,16H2,1-4H3/q+1/b19-14+,20-15+,25-21-. The number of rotatable bonds is 7. The Morgan fingerprint density at radius 1 is 1.00 bits per heavy atom. The number of unbranched alkanes of at least 4 members (excludes halogenated alkanes) is 1. The maximum absolute atomic E-state index is 13.3. The molecular weight excluding hydrogens is 555 g/mol. The summed E-state index contributed by atoms with van der Waals surface area (Å²) in [6.45, 7) is 8.06. The van der Waals surface area contributed by atoms with Crippen LogP contribution in [0.25, 0.3) is 16.7 Å². The van der Waals surface area contributed by atoms with E-state index >= 15 is 0 Å². The molecule has 0 radical (unpaired) electrons. The zero-order chi connectivity index (χ0) is 27.0. The third kappa shape index (κ3) is 4.70. The van der Waals surface area contributed by atoms with Gasteiger partial charge in [0.15, 0.2) is 6.33 Å². The number of carbonyl (C=O) groups is 1. The fourth-order valence-corrected chi connectivity index (χ4v) is 8.40. The molecule has 0 saturated carbocycles. The van der Waals surface area contributed by atoms with Gasteiger partial charge in [0, 0.05) is 13.1 Å². The number of allylic oxidation sites excluding steroid dienone is 1. The minimum Gasteiger partial charge on any atom is -0.298 e. The van der Waals surface area contributed by atoms with Gasteiger partial charge in [-0.3, -0.25) is 24.0 Å². The molecule has 3 aromatic rings. The molecule has 0 unspecified atom stereocenters. The van der Waals surface area contributed by atoms with Gasteiger partial charge in [-0.2, -0.15) is 0 Å². The van der Waals surface area contributed by atoms with Crippen molar-refractivity contribution in [3.63, 3.8) is 0 Å². The van der Waals surface area contributed by atoms with E-state index in [4.69, 9.17) is 12.2 Å². The Hall–Kier alpha value is -2.60. The van der Waals surface area contributed by atoms with Crippen molar-refractivity contribution < 1.29 is 9.36 Å². The zero-order valence-corrected chi connectivity index (χ0v) is 25.1. The van der Waals surface area contributed by atoms with Crippen molar-refractivity contribution >= 4 is 74.1 Å². The minimum absolute atomic E-state index is 0.0777. The summed E-state index contributed by atoms with van der Waals surface area (Å²) in [6.07, 6.45) is 7.90. The molecule has 0 spiro atoms. The molecule has 2 aliphatic rings. The molecule has 1 saturated heterocycles. The predicted octanol–water partition coefficient (Wildman–Crippen LogP) is 3.57. The Labute approximate surface area is 239 Å². The van der Waals surface area contributed by atoms with Gasteiger partial charge < -0.3 is 0 Å². The average Bonchev–Trinajstić information content (AvgIpc) is 3.62. The minimum atomic E-state index is -0.0915. The van der Waals surface area contributed by atoms with Crippen molar-refractivity contribution in [2.24, 2.45) is 7.05 Å². The van der Waals surface area contributed by atoms with E-state index in [-0.39, 0.29) is 11.5 Å². The summed E-state index contributed by atoms with van der Waals surface area (Å²) in [5.74, 6) is 1.04. The first-order valence-corrected chi connectivity index (χ1v) is 15.6. The largest absolute Gasteiger partial charge is 0.298 e. The molecule has 0 atom stereocenters. The van der Waals surface area contributed by atoms with E-state index < -0.39 is 0 Å². The second-order valence-corrected chi connectivity index (χ2v) is 12.6. The highest BCUT2D eigenvalue weighted by atomic mass is 32.2. The van der Waals surface area contributed by atoms with E-state index in [1.807, 2.05) is 37.3 Å². The molecule has 38 heavy (non-hydrogen) atoms. The number of anilines is 1. The first-order valence-electron chi connectivity index (χ1n) is 12.7. The fraction of sp³-hybridized carbons (Fsp3) is 0.333. The summed E-state index contributed by atoms with van der Waals surface area (Å²) in [5, 5.41) is 2.20. The molecule has 2 aliphatic heterocycles. The van der Waals surface area contributed by atoms with E-state index in [0.29, 0.717) is 31.5 Å². The Bertz CT molecular complexity index is 1620. The summed E-state index contributed by atoms with van der Waals surface area (Å²) in [4.78, 5) is 31.0. The van der Waals surface area contributed by atoms with Crippen LogP contribution < -0.4 is 24.2 Å². The van der Waals surface area contributed by atoms with Gasteiger partial charge in [0.05, 0.1) is 18.1 Å². The molecule has 4 heterocycles. The summed E-state index contributed by atoms with van der Waals surface area (Å²) >= 11 is 9.86. The van der Waals surface area contributed by atoms with Crippen LogP contribution in [0.3, 0.4) is 0 Å². The Morgan fingerprint density at radius 2 is 1.76 bits per heavy atom. The molecule has 1 fully saturated rings. The highest BCUT2D eigenvalue weighted by Crippen LogP contribution is 2.45. The molecular formula is C27H30N5O2S4+. The van der Waals surface area contributed by atoms with Crippen molar-refractivity contribution in [3.8, 4) is 5.69 Å². The molecule has 1 amide bonds. The van der Waals surface area contributed by atoms with Crippen LogP contribution in [0.5, 0.6) is 0 Å². The molecule has 5 rings (SSSR count). The first kappa shape index (κ1) is 27.0. The van der Waals surface area contributed by atoms with Crippen LogP contribution in [0.15, 0.2) is 57.6 Å². The molecule has 11 heteroatoms. The number of thiocarbonyl (C=S) groups is 1. The monoisotopic (exact) mass is 584 g/mol. The van der Waals surface area contributed by atoms with E-state index in [2.05, 4.69) is 53.4 Å². The summed E-state index contributed by atoms with van der Waals surface area (Å²) in [5.41, 5.74) is 1.03. The SMILES string of the molecule is CCCCN1C(=O)/C(=c2/s/c(=C/C=C3/Sc4c([n+](C)cn4-c4ccccc4)N3CC)c(=O)n2CC)SC1=S. The van der Waals surface area contributed by atoms with Crippen LogP contribution in [-0.4, -0.2) is 37.4 Å². The number of hydrogen-bond acceptors (Lipinski definition) is 7. The van der Waals surface area contributed by atoms with Gasteiger partial charge in [-0.1, -0.05) is 55.5 Å². The highest BCUT2D eigenvalue weighted by molar-refractivity contribution is 8.30. The summed E-state index contributed by atoms with van der Waals surface area (Å²) in [7, 11) is 2.06. The number of aryl methyl sites for hydroxylation is 1. The van der Waals surface area contributed by atoms with Gasteiger partial charge in [0.2, 0.25) is 5.03 Å². The van der Waals surface area contributed by atoms with Gasteiger partial charge in [-0.15, -0.1) is 11.3 Å². The lowest BCUT2D eigenvalue weighted by molar-refractivity contribution is -0.658. The van der Waals surface area contributed by atoms with E-state index in [1.165, 1.54) is 23.1 Å². The molecule has 198 valence electrons. The van der Waals surface area contributed by atoms with Crippen LogP contribution in [0.2, 0.25) is 0 Å². The first-order chi connectivity index (χ1) is 18.4. The zero-order valence-electron chi connectivity index (χ0n) is 21.8. The lowest BCUT2D eigenvalue weighted by Gasteiger charge is -2.12. The van der Waals surface area contributed by atoms with Gasteiger partial charge in [0.1, 0.15) is 24.6 Å². The quantitative estimate of drug-likeness (QED) is 0.313. The molecule has 0 bridgehead atoms. The van der Waals surface area contributed by atoms with Crippen LogP contribution >= 0.6 is 47.1 Å². The number of amides is 1. The summed E-state index contributed by atoms with van der Waals surface area (Å²) < 4.78 is 7.90. The van der Waals surface area contributed by atoms with Crippen molar-refractivity contribution in [3.05, 3.63) is 67.3 Å². The van der Waals surface area contributed by atoms with Crippen LogP contribution in [0, 0.1) is 0 Å². The molecule has 0 aliphatic carbocycles. The van der Waals surface area contributed by atoms with Crippen molar-refractivity contribution in [2.45, 2.75) is 45.2 Å². The Kier molecular flexibility index (Phi) is 7.99. The second kappa shape index (κ2) is 11.3. The van der Waals surface area contributed by atoms with Gasteiger partial charge in [-0.05, 0) is 56.3 Å². The lowest BCUT2D eigenvalue weighted by Crippen LogP contribution is -2.34. The number of thioether (sulfide) groups is 2. The van der Waals surface area contributed by atoms with Gasteiger partial charge >= 0.3 is 0 Å². The van der Waals surface area contributed by atoms with Crippen molar-refractivity contribution in [1.29, 1.82) is 0 Å². The van der Waals surface area contributed by atoms with Gasteiger partial charge in [-0.25, -0.2) is 9.13 Å². The Morgan fingerprint density at radius 3 is 2.45 bits per heavy atom. The van der Waals surface area contributed by atoms with Crippen LogP contribution in [0.4, 0.5) is 5.82 Å². The maximum atomic E-state index is 13.3. The van der Waals surface area contributed by atoms with Gasteiger partial charge in [0.25, 0.3) is 17.3 Å². The smallest absolute Gasteiger partial charge is 0.276 e. The average molecular weight is 585 g/mol. The fourth-order valence-electron chi connectivity index (χ4n) is 4.57. The molecule has 0 N–H and O–H groups in total. The number of nitrogens with zero attached hydrogens (tertiary/aromatic N) is 5. The van der Waals surface area contributed by atoms with Crippen molar-refractivity contribution in [2.75, 3.05) is 18.0 Å². The third-order valence-corrected chi connectivity index (χ3v) is 10.3. The molecule has 7 nitrogen and oxygen atoms in total. The topological polar surface area (TPSA) is 54.4 Å². The second-order valence-electron chi connectivity index (χ2n) is 8.91. The number of carbonyl (C=O) groups excluding carboxylic acids is 1. The van der Waals surface area contributed by atoms with E-state index in [1.54, 1.807) is 21.2 Å². The summed E-state index contributed by atoms with van der Waals surface area (Å²) in [6, 6.07) is 10.3. The number of imidazole rings is 1. The lowest BCUT2D eigenvalue weighted by atomic mass is 10.3. The maximum Gasteiger partial charge on any atom is 0.276 e. The Balaban J connectivity index is 1.55. The number of fused-ring (bicyclic) bond motifs is 1. The van der Waals surface area contributed by atoms with Crippen molar-refractivity contribution in [1.82, 2.24) is 14.0 Å². The van der Waals surface area contributed by atoms with Crippen LogP contribution in [0.1, 0.15) is 33.6 Å². The number of hydrogen-bond donors (Lipinski definition) is 0. The van der Waals surface area contributed by atoms with E-state index in [9.17, 15) is 9.59 Å². The predicted molar refractivity (Wildman–Crippen MR) is 162 cm³/mol. The molecule has 2 aromatic heterocycles.